The summed E-state index contributed by atoms with van der Waals surface area (Å²) < 4.78 is 5.25. The molecule has 0 aromatic heterocycles. The van der Waals surface area contributed by atoms with Crippen LogP contribution in [-0.4, -0.2) is 38.0 Å². The Morgan fingerprint density at radius 1 is 1.44 bits per heavy atom. The van der Waals surface area contributed by atoms with Crippen LogP contribution >= 0.6 is 24.2 Å². The highest BCUT2D eigenvalue weighted by Gasteiger charge is 2.20. The third-order valence-corrected chi connectivity index (χ3v) is 3.34. The molecule has 1 aliphatic rings. The summed E-state index contributed by atoms with van der Waals surface area (Å²) in [5.41, 5.74) is 0.820. The number of carbonyl (C=O) groups is 1. The van der Waals surface area contributed by atoms with E-state index in [1.165, 1.54) is 4.90 Å². The molecule has 2 rings (SSSR count). The fraction of sp³-hybridized carbons (Fsp3) is 0.417. The molecule has 1 heterocycles. The Morgan fingerprint density at radius 3 is 2.72 bits per heavy atom. The first kappa shape index (κ1) is 15.3. The van der Waals surface area contributed by atoms with Gasteiger partial charge in [-0.05, 0) is 30.5 Å². The summed E-state index contributed by atoms with van der Waals surface area (Å²) in [6, 6.07) is 7.56. The molecule has 1 amide bonds. The summed E-state index contributed by atoms with van der Waals surface area (Å²) in [6.07, 6.45) is 2.02. The van der Waals surface area contributed by atoms with Crippen molar-refractivity contribution >= 4 is 35.8 Å². The molecule has 100 valence electrons. The number of amides is 1. The molecule has 18 heavy (non-hydrogen) atoms. The van der Waals surface area contributed by atoms with E-state index in [0.29, 0.717) is 13.2 Å². The van der Waals surface area contributed by atoms with Crippen molar-refractivity contribution in [1.82, 2.24) is 5.32 Å². The third kappa shape index (κ3) is 4.17. The van der Waals surface area contributed by atoms with Gasteiger partial charge in [0.15, 0.2) is 0 Å². The van der Waals surface area contributed by atoms with E-state index in [4.69, 9.17) is 4.74 Å². The first-order valence-corrected chi connectivity index (χ1v) is 6.78. The van der Waals surface area contributed by atoms with Crippen molar-refractivity contribution < 1.29 is 9.53 Å². The number of carbonyl (C=O) groups excluding carboxylic acids is 1. The molecule has 1 aromatic rings. The van der Waals surface area contributed by atoms with Gasteiger partial charge in [0, 0.05) is 17.1 Å². The normalized spacial score (nSPS) is 18.8. The SMILES string of the molecule is CSc1ccc(NC(=O)C2COCCN2)cc1.Cl. The van der Waals surface area contributed by atoms with E-state index in [1.54, 1.807) is 11.8 Å². The average molecular weight is 289 g/mol. The second-order valence-electron chi connectivity index (χ2n) is 3.80. The van der Waals surface area contributed by atoms with Gasteiger partial charge in [0.25, 0.3) is 0 Å². The smallest absolute Gasteiger partial charge is 0.243 e. The summed E-state index contributed by atoms with van der Waals surface area (Å²) in [7, 11) is 0. The van der Waals surface area contributed by atoms with Crippen molar-refractivity contribution in [3.8, 4) is 0 Å². The molecular weight excluding hydrogens is 272 g/mol. The van der Waals surface area contributed by atoms with Gasteiger partial charge in [-0.3, -0.25) is 4.79 Å². The lowest BCUT2D eigenvalue weighted by molar-refractivity contribution is -0.120. The van der Waals surface area contributed by atoms with Crippen molar-refractivity contribution in [2.75, 3.05) is 31.3 Å². The number of hydrogen-bond donors (Lipinski definition) is 2. The predicted molar refractivity (Wildman–Crippen MR) is 76.7 cm³/mol. The van der Waals surface area contributed by atoms with E-state index in [1.807, 2.05) is 30.5 Å². The van der Waals surface area contributed by atoms with Gasteiger partial charge < -0.3 is 15.4 Å². The van der Waals surface area contributed by atoms with Crippen LogP contribution in [0.1, 0.15) is 0 Å². The molecule has 1 unspecified atom stereocenters. The third-order valence-electron chi connectivity index (χ3n) is 2.60. The van der Waals surface area contributed by atoms with Crippen molar-refractivity contribution in [1.29, 1.82) is 0 Å². The predicted octanol–water partition coefficient (Wildman–Crippen LogP) is 1.76. The van der Waals surface area contributed by atoms with Gasteiger partial charge in [-0.15, -0.1) is 24.2 Å². The second kappa shape index (κ2) is 7.63. The quantitative estimate of drug-likeness (QED) is 0.832. The van der Waals surface area contributed by atoms with Crippen LogP contribution in [-0.2, 0) is 9.53 Å². The molecule has 1 atom stereocenters. The summed E-state index contributed by atoms with van der Waals surface area (Å²) in [6.45, 7) is 1.84. The molecule has 0 bridgehead atoms. The van der Waals surface area contributed by atoms with Gasteiger partial charge in [-0.2, -0.15) is 0 Å². The van der Waals surface area contributed by atoms with Gasteiger partial charge in [0.2, 0.25) is 5.91 Å². The Balaban J connectivity index is 0.00000162. The zero-order valence-corrected chi connectivity index (χ0v) is 11.8. The van der Waals surface area contributed by atoms with Gasteiger partial charge in [-0.1, -0.05) is 0 Å². The maximum absolute atomic E-state index is 11.9. The van der Waals surface area contributed by atoms with Crippen LogP contribution in [0.5, 0.6) is 0 Å². The van der Waals surface area contributed by atoms with Crippen LogP contribution in [0.3, 0.4) is 0 Å². The number of hydrogen-bond acceptors (Lipinski definition) is 4. The van der Waals surface area contributed by atoms with Gasteiger partial charge in [0.05, 0.1) is 13.2 Å². The fourth-order valence-corrected chi connectivity index (χ4v) is 2.05. The summed E-state index contributed by atoms with van der Waals surface area (Å²) in [5.74, 6) is -0.0402. The number of rotatable bonds is 3. The minimum atomic E-state index is -0.246. The van der Waals surface area contributed by atoms with Crippen LogP contribution in [0.15, 0.2) is 29.2 Å². The van der Waals surface area contributed by atoms with Crippen LogP contribution < -0.4 is 10.6 Å². The van der Waals surface area contributed by atoms with Gasteiger partial charge in [-0.25, -0.2) is 0 Å². The molecule has 1 aliphatic heterocycles. The maximum atomic E-state index is 11.9. The Morgan fingerprint density at radius 2 is 2.17 bits per heavy atom. The zero-order chi connectivity index (χ0) is 12.1. The van der Waals surface area contributed by atoms with E-state index >= 15 is 0 Å². The van der Waals surface area contributed by atoms with Crippen molar-refractivity contribution in [3.63, 3.8) is 0 Å². The largest absolute Gasteiger partial charge is 0.378 e. The number of halogens is 1. The molecule has 4 nitrogen and oxygen atoms in total. The average Bonchev–Trinajstić information content (AvgIpc) is 2.40. The molecule has 6 heteroatoms. The zero-order valence-electron chi connectivity index (χ0n) is 10.1. The Hall–Kier alpha value is -0.750. The van der Waals surface area contributed by atoms with Crippen LogP contribution in [0.25, 0.3) is 0 Å². The lowest BCUT2D eigenvalue weighted by Gasteiger charge is -2.22. The van der Waals surface area contributed by atoms with Crippen LogP contribution in [0, 0.1) is 0 Å². The molecule has 1 fully saturated rings. The molecule has 1 saturated heterocycles. The first-order chi connectivity index (χ1) is 8.29. The van der Waals surface area contributed by atoms with Crippen molar-refractivity contribution in [2.24, 2.45) is 0 Å². The lowest BCUT2D eigenvalue weighted by Crippen LogP contribution is -2.48. The summed E-state index contributed by atoms with van der Waals surface area (Å²) in [4.78, 5) is 13.0. The van der Waals surface area contributed by atoms with E-state index in [-0.39, 0.29) is 24.4 Å². The van der Waals surface area contributed by atoms with Gasteiger partial charge in [0.1, 0.15) is 6.04 Å². The lowest BCUT2D eigenvalue weighted by atomic mass is 10.2. The summed E-state index contributed by atoms with van der Waals surface area (Å²) in [5, 5.41) is 5.99. The molecular formula is C12H17ClN2O2S. The molecule has 0 saturated carbocycles. The number of morpholine rings is 1. The molecule has 0 spiro atoms. The highest BCUT2D eigenvalue weighted by atomic mass is 35.5. The topological polar surface area (TPSA) is 50.4 Å². The molecule has 0 radical (unpaired) electrons. The Kier molecular flexibility index (Phi) is 6.49. The van der Waals surface area contributed by atoms with Crippen molar-refractivity contribution in [2.45, 2.75) is 10.9 Å². The molecule has 2 N–H and O–H groups in total. The highest BCUT2D eigenvalue weighted by Crippen LogP contribution is 2.17. The van der Waals surface area contributed by atoms with Crippen molar-refractivity contribution in [3.05, 3.63) is 24.3 Å². The van der Waals surface area contributed by atoms with E-state index in [2.05, 4.69) is 10.6 Å². The van der Waals surface area contributed by atoms with E-state index in [9.17, 15) is 4.79 Å². The minimum Gasteiger partial charge on any atom is -0.378 e. The highest BCUT2D eigenvalue weighted by molar-refractivity contribution is 7.98. The molecule has 1 aromatic carbocycles. The number of thioether (sulfide) groups is 1. The molecule has 0 aliphatic carbocycles. The number of anilines is 1. The number of nitrogens with one attached hydrogen (secondary N) is 2. The first-order valence-electron chi connectivity index (χ1n) is 5.55. The van der Waals surface area contributed by atoms with E-state index < -0.39 is 0 Å². The number of ether oxygens (including phenoxy) is 1. The van der Waals surface area contributed by atoms with Crippen LogP contribution in [0.4, 0.5) is 5.69 Å². The monoisotopic (exact) mass is 288 g/mol. The number of benzene rings is 1. The minimum absolute atomic E-state index is 0. The Labute approximate surface area is 117 Å². The second-order valence-corrected chi connectivity index (χ2v) is 4.68. The standard InChI is InChI=1S/C12H16N2O2S.ClH/c1-17-10-4-2-9(3-5-10)14-12(15)11-8-16-7-6-13-11;/h2-5,11,13H,6-8H2,1H3,(H,14,15);1H. The van der Waals surface area contributed by atoms with Gasteiger partial charge >= 0.3 is 0 Å². The summed E-state index contributed by atoms with van der Waals surface area (Å²) >= 11 is 1.68. The van der Waals surface area contributed by atoms with E-state index in [0.717, 1.165) is 12.2 Å². The maximum Gasteiger partial charge on any atom is 0.243 e. The Bertz CT molecular complexity index is 380. The fourth-order valence-electron chi connectivity index (χ4n) is 1.64. The van der Waals surface area contributed by atoms with Crippen LogP contribution in [0.2, 0.25) is 0 Å².